The van der Waals surface area contributed by atoms with Gasteiger partial charge in [0.25, 0.3) is 0 Å². The van der Waals surface area contributed by atoms with E-state index < -0.39 is 5.97 Å². The zero-order valence-electron chi connectivity index (χ0n) is 9.99. The molecule has 0 saturated carbocycles. The van der Waals surface area contributed by atoms with Gasteiger partial charge in [0.05, 0.1) is 18.7 Å². The quantitative estimate of drug-likeness (QED) is 0.531. The summed E-state index contributed by atoms with van der Waals surface area (Å²) in [5.74, 6) is 1.06. The van der Waals surface area contributed by atoms with Crippen molar-refractivity contribution in [2.45, 2.75) is 6.92 Å². The van der Waals surface area contributed by atoms with Crippen LogP contribution in [0, 0.1) is 19.3 Å². The summed E-state index contributed by atoms with van der Waals surface area (Å²) < 4.78 is 0. The summed E-state index contributed by atoms with van der Waals surface area (Å²) in [6.45, 7) is 2.09. The van der Waals surface area contributed by atoms with Crippen LogP contribution in [0.4, 0.5) is 5.69 Å². The van der Waals surface area contributed by atoms with Gasteiger partial charge >= 0.3 is 5.97 Å². The highest BCUT2D eigenvalue weighted by atomic mass is 16.4. The number of amides is 1. The van der Waals surface area contributed by atoms with E-state index in [2.05, 4.69) is 16.6 Å². The van der Waals surface area contributed by atoms with E-state index in [1.54, 1.807) is 19.1 Å². The Morgan fingerprint density at radius 2 is 2.17 bits per heavy atom. The number of terminal acetylenes is 1. The maximum absolute atomic E-state index is 11.5. The summed E-state index contributed by atoms with van der Waals surface area (Å²) in [5, 5.41) is 14.3. The average molecular weight is 246 g/mol. The normalized spacial score (nSPS) is 9.56. The molecule has 0 bridgehead atoms. The summed E-state index contributed by atoms with van der Waals surface area (Å²) in [6, 6.07) is 4.73. The number of aromatic carboxylic acids is 1. The minimum absolute atomic E-state index is 0.0838. The fourth-order valence-electron chi connectivity index (χ4n) is 1.38. The van der Waals surface area contributed by atoms with Gasteiger partial charge in [0, 0.05) is 5.69 Å². The molecule has 0 heterocycles. The first-order valence-corrected chi connectivity index (χ1v) is 5.32. The molecule has 3 N–H and O–H groups in total. The van der Waals surface area contributed by atoms with E-state index in [4.69, 9.17) is 11.5 Å². The highest BCUT2D eigenvalue weighted by molar-refractivity contribution is 5.95. The first-order valence-electron chi connectivity index (χ1n) is 5.32. The van der Waals surface area contributed by atoms with Crippen molar-refractivity contribution in [1.82, 2.24) is 5.32 Å². The van der Waals surface area contributed by atoms with Crippen molar-refractivity contribution in [3.05, 3.63) is 29.3 Å². The van der Waals surface area contributed by atoms with Crippen LogP contribution in [0.5, 0.6) is 0 Å². The van der Waals surface area contributed by atoms with Gasteiger partial charge in [0.1, 0.15) is 0 Å². The van der Waals surface area contributed by atoms with E-state index in [9.17, 15) is 9.59 Å². The van der Waals surface area contributed by atoms with Crippen LogP contribution in [0.25, 0.3) is 0 Å². The van der Waals surface area contributed by atoms with E-state index in [0.29, 0.717) is 17.8 Å². The number of anilines is 1. The van der Waals surface area contributed by atoms with Gasteiger partial charge in [-0.15, -0.1) is 6.42 Å². The van der Waals surface area contributed by atoms with Crippen LogP contribution in [0.3, 0.4) is 0 Å². The van der Waals surface area contributed by atoms with Crippen molar-refractivity contribution in [3.8, 4) is 12.3 Å². The molecule has 5 heteroatoms. The summed E-state index contributed by atoms with van der Waals surface area (Å²) in [7, 11) is 0. The molecule has 0 unspecified atom stereocenters. The molecule has 0 fully saturated rings. The number of carboxylic acids is 1. The molecule has 94 valence electrons. The Kier molecular flexibility index (Phi) is 4.90. The van der Waals surface area contributed by atoms with Crippen molar-refractivity contribution in [2.75, 3.05) is 18.4 Å². The fraction of sp³-hybridized carbons (Fsp3) is 0.231. The number of nitrogens with one attached hydrogen (secondary N) is 2. The Labute approximate surface area is 105 Å². The van der Waals surface area contributed by atoms with Crippen molar-refractivity contribution in [2.24, 2.45) is 0 Å². The molecular formula is C13H14N2O3. The number of hydrogen-bond acceptors (Lipinski definition) is 3. The number of carbonyl (C=O) groups excluding carboxylic acids is 1. The van der Waals surface area contributed by atoms with Gasteiger partial charge < -0.3 is 10.4 Å². The number of hydrogen-bond donors (Lipinski definition) is 3. The van der Waals surface area contributed by atoms with E-state index in [1.807, 2.05) is 0 Å². The van der Waals surface area contributed by atoms with E-state index in [1.165, 1.54) is 6.07 Å². The molecule has 1 aromatic carbocycles. The van der Waals surface area contributed by atoms with E-state index in [0.717, 1.165) is 0 Å². The lowest BCUT2D eigenvalue weighted by Crippen LogP contribution is -2.28. The fourth-order valence-corrected chi connectivity index (χ4v) is 1.38. The molecule has 1 amide bonds. The van der Waals surface area contributed by atoms with Gasteiger partial charge in [-0.3, -0.25) is 10.1 Å². The SMILES string of the molecule is C#CCNCC(=O)Nc1ccc(C)c(C(=O)O)c1. The van der Waals surface area contributed by atoms with Crippen LogP contribution in [0.2, 0.25) is 0 Å². The third kappa shape index (κ3) is 3.92. The molecule has 0 spiro atoms. The summed E-state index contributed by atoms with van der Waals surface area (Å²) in [4.78, 5) is 22.4. The van der Waals surface area contributed by atoms with Crippen LogP contribution < -0.4 is 10.6 Å². The van der Waals surface area contributed by atoms with Gasteiger partial charge in [-0.05, 0) is 24.6 Å². The van der Waals surface area contributed by atoms with Crippen molar-refractivity contribution < 1.29 is 14.7 Å². The standard InChI is InChI=1S/C13H14N2O3/c1-3-6-14-8-12(16)15-10-5-4-9(2)11(7-10)13(17)18/h1,4-5,7,14H,6,8H2,2H3,(H,15,16)(H,17,18). The molecule has 1 rings (SSSR count). The monoisotopic (exact) mass is 246 g/mol. The Bertz CT molecular complexity index is 503. The van der Waals surface area contributed by atoms with Crippen LogP contribution in [0.15, 0.2) is 18.2 Å². The number of aryl methyl sites for hydroxylation is 1. The highest BCUT2D eigenvalue weighted by Gasteiger charge is 2.09. The number of rotatable bonds is 5. The third-order valence-electron chi connectivity index (χ3n) is 2.26. The second-order valence-electron chi connectivity index (χ2n) is 3.69. The molecule has 5 nitrogen and oxygen atoms in total. The Morgan fingerprint density at radius 3 is 2.78 bits per heavy atom. The molecule has 0 saturated heterocycles. The molecule has 0 aliphatic rings. The minimum Gasteiger partial charge on any atom is -0.478 e. The largest absolute Gasteiger partial charge is 0.478 e. The van der Waals surface area contributed by atoms with Gasteiger partial charge in [-0.1, -0.05) is 12.0 Å². The zero-order chi connectivity index (χ0) is 13.5. The highest BCUT2D eigenvalue weighted by Crippen LogP contribution is 2.15. The molecule has 18 heavy (non-hydrogen) atoms. The van der Waals surface area contributed by atoms with Gasteiger partial charge in [-0.2, -0.15) is 0 Å². The predicted octanol–water partition coefficient (Wildman–Crippen LogP) is 0.855. The molecule has 0 aliphatic heterocycles. The lowest BCUT2D eigenvalue weighted by atomic mass is 10.1. The Balaban J connectivity index is 2.68. The smallest absolute Gasteiger partial charge is 0.336 e. The van der Waals surface area contributed by atoms with Gasteiger partial charge in [0.2, 0.25) is 5.91 Å². The third-order valence-corrected chi connectivity index (χ3v) is 2.26. The van der Waals surface area contributed by atoms with Crippen LogP contribution >= 0.6 is 0 Å². The number of carboxylic acid groups (broad SMARTS) is 1. The van der Waals surface area contributed by atoms with Crippen molar-refractivity contribution in [3.63, 3.8) is 0 Å². The summed E-state index contributed by atoms with van der Waals surface area (Å²) >= 11 is 0. The lowest BCUT2D eigenvalue weighted by molar-refractivity contribution is -0.115. The lowest BCUT2D eigenvalue weighted by Gasteiger charge is -2.07. The molecule has 1 aromatic rings. The van der Waals surface area contributed by atoms with E-state index >= 15 is 0 Å². The van der Waals surface area contributed by atoms with Crippen LogP contribution in [-0.4, -0.2) is 30.1 Å². The first kappa shape index (κ1) is 13.7. The number of carbonyl (C=O) groups is 2. The maximum Gasteiger partial charge on any atom is 0.336 e. The van der Waals surface area contributed by atoms with Gasteiger partial charge in [0.15, 0.2) is 0 Å². The van der Waals surface area contributed by atoms with Crippen LogP contribution in [-0.2, 0) is 4.79 Å². The van der Waals surface area contributed by atoms with Crippen molar-refractivity contribution in [1.29, 1.82) is 0 Å². The Morgan fingerprint density at radius 1 is 1.44 bits per heavy atom. The van der Waals surface area contributed by atoms with Crippen molar-refractivity contribution >= 4 is 17.6 Å². The Hall–Kier alpha value is -2.32. The zero-order valence-corrected chi connectivity index (χ0v) is 9.99. The van der Waals surface area contributed by atoms with Gasteiger partial charge in [-0.25, -0.2) is 4.79 Å². The summed E-state index contributed by atoms with van der Waals surface area (Å²) in [6.07, 6.45) is 5.03. The summed E-state index contributed by atoms with van der Waals surface area (Å²) in [5.41, 5.74) is 1.26. The van der Waals surface area contributed by atoms with Crippen LogP contribution in [0.1, 0.15) is 15.9 Å². The second-order valence-corrected chi connectivity index (χ2v) is 3.69. The molecular weight excluding hydrogens is 232 g/mol. The molecule has 0 aromatic heterocycles. The topological polar surface area (TPSA) is 78.4 Å². The van der Waals surface area contributed by atoms with E-state index in [-0.39, 0.29) is 18.0 Å². The first-order chi connectivity index (χ1) is 8.54. The molecule has 0 radical (unpaired) electrons. The second kappa shape index (κ2) is 6.42. The number of benzene rings is 1. The minimum atomic E-state index is -1.02. The maximum atomic E-state index is 11.5. The molecule has 0 aliphatic carbocycles. The molecule has 0 atom stereocenters. The predicted molar refractivity (Wildman–Crippen MR) is 68.5 cm³/mol. The average Bonchev–Trinajstić information content (AvgIpc) is 2.31.